The maximum absolute atomic E-state index is 4.49. The van der Waals surface area contributed by atoms with Gasteiger partial charge in [0.2, 0.25) is 0 Å². The molecule has 0 aromatic carbocycles. The standard InChI is InChI=1S/C12H15N3/c1-9-10(2)14-15(11(9)3)8-12-5-4-6-13-7-12/h4-7H,8H2,1-3H3. The van der Waals surface area contributed by atoms with Crippen LogP contribution >= 0.6 is 0 Å². The van der Waals surface area contributed by atoms with E-state index in [0.29, 0.717) is 0 Å². The van der Waals surface area contributed by atoms with E-state index in [9.17, 15) is 0 Å². The van der Waals surface area contributed by atoms with E-state index in [0.717, 1.165) is 12.2 Å². The first-order chi connectivity index (χ1) is 7.18. The molecule has 0 atom stereocenters. The third-order valence-corrected chi connectivity index (χ3v) is 2.80. The van der Waals surface area contributed by atoms with Crippen molar-refractivity contribution in [2.24, 2.45) is 0 Å². The monoisotopic (exact) mass is 201 g/mol. The van der Waals surface area contributed by atoms with Crippen LogP contribution in [0.25, 0.3) is 0 Å². The van der Waals surface area contributed by atoms with Crippen molar-refractivity contribution in [2.45, 2.75) is 27.3 Å². The number of rotatable bonds is 2. The van der Waals surface area contributed by atoms with Crippen molar-refractivity contribution >= 4 is 0 Å². The van der Waals surface area contributed by atoms with Crippen molar-refractivity contribution in [3.05, 3.63) is 47.0 Å². The predicted molar refractivity (Wildman–Crippen MR) is 59.8 cm³/mol. The summed E-state index contributed by atoms with van der Waals surface area (Å²) in [6, 6.07) is 4.02. The van der Waals surface area contributed by atoms with Crippen molar-refractivity contribution in [1.29, 1.82) is 0 Å². The van der Waals surface area contributed by atoms with Crippen LogP contribution in [0.4, 0.5) is 0 Å². The molecule has 78 valence electrons. The van der Waals surface area contributed by atoms with Crippen LogP contribution in [0, 0.1) is 20.8 Å². The first-order valence-electron chi connectivity index (χ1n) is 5.08. The van der Waals surface area contributed by atoms with Gasteiger partial charge in [0.1, 0.15) is 0 Å². The highest BCUT2D eigenvalue weighted by Crippen LogP contribution is 2.12. The van der Waals surface area contributed by atoms with Gasteiger partial charge in [-0.05, 0) is 38.0 Å². The van der Waals surface area contributed by atoms with E-state index in [4.69, 9.17) is 0 Å². The second kappa shape index (κ2) is 3.85. The molecular formula is C12H15N3. The molecule has 0 saturated heterocycles. The quantitative estimate of drug-likeness (QED) is 0.746. The summed E-state index contributed by atoms with van der Waals surface area (Å²) >= 11 is 0. The molecule has 0 aliphatic rings. The minimum Gasteiger partial charge on any atom is -0.265 e. The zero-order valence-corrected chi connectivity index (χ0v) is 9.36. The Morgan fingerprint density at radius 3 is 2.60 bits per heavy atom. The van der Waals surface area contributed by atoms with Crippen LogP contribution < -0.4 is 0 Å². The largest absolute Gasteiger partial charge is 0.265 e. The summed E-state index contributed by atoms with van der Waals surface area (Å²) in [6.45, 7) is 7.06. The summed E-state index contributed by atoms with van der Waals surface area (Å²) in [5, 5.41) is 4.49. The highest BCUT2D eigenvalue weighted by molar-refractivity contribution is 5.23. The lowest BCUT2D eigenvalue weighted by Crippen LogP contribution is -2.04. The Hall–Kier alpha value is -1.64. The van der Waals surface area contributed by atoms with Crippen molar-refractivity contribution < 1.29 is 0 Å². The first-order valence-corrected chi connectivity index (χ1v) is 5.08. The van der Waals surface area contributed by atoms with E-state index >= 15 is 0 Å². The van der Waals surface area contributed by atoms with Gasteiger partial charge in [0.25, 0.3) is 0 Å². The van der Waals surface area contributed by atoms with Gasteiger partial charge in [0.15, 0.2) is 0 Å². The van der Waals surface area contributed by atoms with Gasteiger partial charge >= 0.3 is 0 Å². The zero-order chi connectivity index (χ0) is 10.8. The van der Waals surface area contributed by atoms with Gasteiger partial charge in [-0.25, -0.2) is 0 Å². The molecule has 0 bridgehead atoms. The lowest BCUT2D eigenvalue weighted by atomic mass is 10.2. The van der Waals surface area contributed by atoms with Gasteiger partial charge in [-0.2, -0.15) is 5.10 Å². The first kappa shape index (κ1) is 9.90. The van der Waals surface area contributed by atoms with Gasteiger partial charge in [-0.3, -0.25) is 9.67 Å². The highest BCUT2D eigenvalue weighted by Gasteiger charge is 2.06. The van der Waals surface area contributed by atoms with Crippen LogP contribution in [0.3, 0.4) is 0 Å². The summed E-state index contributed by atoms with van der Waals surface area (Å²) in [6.07, 6.45) is 3.67. The van der Waals surface area contributed by atoms with E-state index in [-0.39, 0.29) is 0 Å². The fourth-order valence-corrected chi connectivity index (χ4v) is 1.60. The molecule has 2 rings (SSSR count). The Kier molecular flexibility index (Phi) is 2.54. The molecule has 0 amide bonds. The van der Waals surface area contributed by atoms with Crippen LogP contribution in [-0.4, -0.2) is 14.8 Å². The van der Waals surface area contributed by atoms with Crippen molar-refractivity contribution in [3.8, 4) is 0 Å². The normalized spacial score (nSPS) is 10.6. The molecule has 3 nitrogen and oxygen atoms in total. The van der Waals surface area contributed by atoms with Crippen LogP contribution in [0.2, 0.25) is 0 Å². The molecule has 2 aromatic rings. The molecule has 2 aromatic heterocycles. The van der Waals surface area contributed by atoms with Crippen LogP contribution in [-0.2, 0) is 6.54 Å². The summed E-state index contributed by atoms with van der Waals surface area (Å²) in [5.74, 6) is 0. The number of hydrogen-bond donors (Lipinski definition) is 0. The average molecular weight is 201 g/mol. The van der Waals surface area contributed by atoms with Crippen molar-refractivity contribution in [1.82, 2.24) is 14.8 Å². The molecule has 3 heteroatoms. The number of aryl methyl sites for hydroxylation is 1. The second-order valence-corrected chi connectivity index (χ2v) is 3.81. The number of nitrogens with zero attached hydrogens (tertiary/aromatic N) is 3. The second-order valence-electron chi connectivity index (χ2n) is 3.81. The van der Waals surface area contributed by atoms with Gasteiger partial charge in [0, 0.05) is 18.1 Å². The molecule has 0 radical (unpaired) electrons. The smallest absolute Gasteiger partial charge is 0.0677 e. The van der Waals surface area contributed by atoms with E-state index in [2.05, 4.69) is 30.0 Å². The lowest BCUT2D eigenvalue weighted by molar-refractivity contribution is 0.657. The van der Waals surface area contributed by atoms with Gasteiger partial charge < -0.3 is 0 Å². The molecule has 0 saturated carbocycles. The van der Waals surface area contributed by atoms with Crippen molar-refractivity contribution in [2.75, 3.05) is 0 Å². The highest BCUT2D eigenvalue weighted by atomic mass is 15.3. The van der Waals surface area contributed by atoms with E-state index in [1.165, 1.54) is 16.8 Å². The number of pyridine rings is 1. The summed E-state index contributed by atoms with van der Waals surface area (Å²) in [7, 11) is 0. The molecule has 0 fully saturated rings. The summed E-state index contributed by atoms with van der Waals surface area (Å²) in [5.41, 5.74) is 4.80. The molecular weight excluding hydrogens is 186 g/mol. The van der Waals surface area contributed by atoms with E-state index in [1.54, 1.807) is 6.20 Å². The molecule has 0 unspecified atom stereocenters. The Morgan fingerprint density at radius 1 is 1.27 bits per heavy atom. The number of aromatic nitrogens is 3. The Labute approximate surface area is 89.8 Å². The molecule has 0 aliphatic carbocycles. The van der Waals surface area contributed by atoms with Crippen LogP contribution in [0.5, 0.6) is 0 Å². The Bertz CT molecular complexity index is 457. The van der Waals surface area contributed by atoms with Gasteiger partial charge in [0.05, 0.1) is 12.2 Å². The van der Waals surface area contributed by atoms with Gasteiger partial charge in [-0.15, -0.1) is 0 Å². The molecule has 0 aliphatic heterocycles. The maximum Gasteiger partial charge on any atom is 0.0677 e. The van der Waals surface area contributed by atoms with Crippen LogP contribution in [0.1, 0.15) is 22.5 Å². The molecule has 15 heavy (non-hydrogen) atoms. The Morgan fingerprint density at radius 2 is 2.07 bits per heavy atom. The summed E-state index contributed by atoms with van der Waals surface area (Å²) < 4.78 is 2.03. The molecule has 2 heterocycles. The topological polar surface area (TPSA) is 30.7 Å². The minimum absolute atomic E-state index is 0.800. The third kappa shape index (κ3) is 1.91. The predicted octanol–water partition coefficient (Wildman–Crippen LogP) is 2.25. The SMILES string of the molecule is Cc1nn(Cc2cccnc2)c(C)c1C. The molecule has 0 N–H and O–H groups in total. The molecule has 0 spiro atoms. The number of hydrogen-bond acceptors (Lipinski definition) is 2. The fraction of sp³-hybridized carbons (Fsp3) is 0.333. The zero-order valence-electron chi connectivity index (χ0n) is 9.36. The lowest BCUT2D eigenvalue weighted by Gasteiger charge is -2.03. The van der Waals surface area contributed by atoms with E-state index < -0.39 is 0 Å². The fourth-order valence-electron chi connectivity index (χ4n) is 1.60. The van der Waals surface area contributed by atoms with E-state index in [1.807, 2.05) is 23.9 Å². The summed E-state index contributed by atoms with van der Waals surface area (Å²) in [4.78, 5) is 4.10. The minimum atomic E-state index is 0.800. The van der Waals surface area contributed by atoms with Crippen molar-refractivity contribution in [3.63, 3.8) is 0 Å². The average Bonchev–Trinajstić information content (AvgIpc) is 2.48. The van der Waals surface area contributed by atoms with Crippen LogP contribution in [0.15, 0.2) is 24.5 Å². The van der Waals surface area contributed by atoms with Gasteiger partial charge in [-0.1, -0.05) is 6.07 Å². The Balaban J connectivity index is 2.29. The third-order valence-electron chi connectivity index (χ3n) is 2.80. The maximum atomic E-state index is 4.49.